The first-order chi connectivity index (χ1) is 11.9. The third-order valence-electron chi connectivity index (χ3n) is 4.17. The van der Waals surface area contributed by atoms with Gasteiger partial charge in [0.25, 0.3) is 11.1 Å². The summed E-state index contributed by atoms with van der Waals surface area (Å²) < 4.78 is 0. The van der Waals surface area contributed by atoms with Crippen LogP contribution in [0.25, 0.3) is 6.08 Å². The van der Waals surface area contributed by atoms with Crippen LogP contribution in [0.2, 0.25) is 0 Å². The Morgan fingerprint density at radius 2 is 1.62 bits per heavy atom. The van der Waals surface area contributed by atoms with E-state index < -0.39 is 0 Å². The lowest BCUT2D eigenvalue weighted by Crippen LogP contribution is -2.28. The van der Waals surface area contributed by atoms with Crippen LogP contribution in [0.5, 0.6) is 5.75 Å². The highest BCUT2D eigenvalue weighted by Crippen LogP contribution is 2.41. The van der Waals surface area contributed by atoms with Crippen LogP contribution >= 0.6 is 11.8 Å². The molecule has 1 N–H and O–H groups in total. The molecular weight excluding hydrogens is 346 g/mol. The number of thioether (sulfide) groups is 1. The van der Waals surface area contributed by atoms with Crippen LogP contribution in [-0.2, 0) is 15.6 Å². The van der Waals surface area contributed by atoms with E-state index >= 15 is 0 Å². The zero-order valence-corrected chi connectivity index (χ0v) is 17.0. The molecule has 0 unspecified atom stereocenters. The molecule has 0 aliphatic carbocycles. The average Bonchev–Trinajstić information content (AvgIpc) is 2.74. The summed E-state index contributed by atoms with van der Waals surface area (Å²) in [5.74, 6) is 2.24. The number of amides is 2. The van der Waals surface area contributed by atoms with E-state index in [-0.39, 0.29) is 34.3 Å². The lowest BCUT2D eigenvalue weighted by Gasteiger charge is -2.28. The highest BCUT2D eigenvalue weighted by atomic mass is 32.2. The molecule has 2 rings (SSSR count). The predicted octanol–water partition coefficient (Wildman–Crippen LogP) is 4.66. The van der Waals surface area contributed by atoms with Crippen molar-refractivity contribution in [1.82, 2.24) is 4.90 Å². The number of phenols is 1. The van der Waals surface area contributed by atoms with Crippen molar-refractivity contribution in [2.75, 3.05) is 6.54 Å². The van der Waals surface area contributed by atoms with E-state index in [1.165, 1.54) is 0 Å². The van der Waals surface area contributed by atoms with Crippen molar-refractivity contribution in [3.8, 4) is 18.1 Å². The molecule has 2 amide bonds. The van der Waals surface area contributed by atoms with Crippen molar-refractivity contribution >= 4 is 29.0 Å². The van der Waals surface area contributed by atoms with E-state index in [0.717, 1.165) is 33.4 Å². The number of hydrogen-bond acceptors (Lipinski definition) is 4. The van der Waals surface area contributed by atoms with Gasteiger partial charge in [0.15, 0.2) is 0 Å². The van der Waals surface area contributed by atoms with Gasteiger partial charge in [0.05, 0.1) is 11.4 Å². The summed E-state index contributed by atoms with van der Waals surface area (Å²) in [6.45, 7) is 12.1. The van der Waals surface area contributed by atoms with Crippen LogP contribution in [0.3, 0.4) is 0 Å². The topological polar surface area (TPSA) is 57.6 Å². The van der Waals surface area contributed by atoms with Gasteiger partial charge in [-0.15, -0.1) is 6.42 Å². The summed E-state index contributed by atoms with van der Waals surface area (Å²) in [4.78, 5) is 25.8. The molecule has 5 heteroatoms. The Morgan fingerprint density at radius 3 is 2.04 bits per heavy atom. The molecule has 0 aromatic heterocycles. The zero-order chi connectivity index (χ0) is 19.9. The minimum Gasteiger partial charge on any atom is -0.507 e. The SMILES string of the molecule is C#CCN1C(=O)S/C(=C\c2cc(C(C)(C)C)c(O)c(C(C)(C)C)c2)C1=O. The molecule has 4 nitrogen and oxygen atoms in total. The van der Waals surface area contributed by atoms with E-state index in [1.807, 2.05) is 53.7 Å². The second-order valence-corrected chi connectivity index (χ2v) is 9.43. The summed E-state index contributed by atoms with van der Waals surface area (Å²) in [6.07, 6.45) is 6.93. The number of phenolic OH excluding ortho intramolecular Hbond substituents is 1. The Hall–Kier alpha value is -2.19. The molecule has 26 heavy (non-hydrogen) atoms. The van der Waals surface area contributed by atoms with Gasteiger partial charge in [-0.3, -0.25) is 14.5 Å². The number of nitrogens with zero attached hydrogens (tertiary/aromatic N) is 1. The van der Waals surface area contributed by atoms with Crippen molar-refractivity contribution in [2.45, 2.75) is 52.4 Å². The normalized spacial score (nSPS) is 17.1. The maximum absolute atomic E-state index is 12.4. The fourth-order valence-electron chi connectivity index (χ4n) is 2.76. The molecule has 1 aliphatic heterocycles. The zero-order valence-electron chi connectivity index (χ0n) is 16.1. The van der Waals surface area contributed by atoms with Gasteiger partial charge in [0.1, 0.15) is 5.75 Å². The number of terminal acetylenes is 1. The molecule has 1 heterocycles. The molecule has 1 aromatic rings. The number of carbonyl (C=O) groups excluding carboxylic acids is 2. The van der Waals surface area contributed by atoms with Gasteiger partial charge in [0, 0.05) is 11.1 Å². The molecule has 0 spiro atoms. The van der Waals surface area contributed by atoms with E-state index in [2.05, 4.69) is 5.92 Å². The van der Waals surface area contributed by atoms with E-state index in [4.69, 9.17) is 6.42 Å². The van der Waals surface area contributed by atoms with Crippen LogP contribution in [-0.4, -0.2) is 27.7 Å². The number of hydrogen-bond donors (Lipinski definition) is 1. The smallest absolute Gasteiger partial charge is 0.294 e. The fourth-order valence-corrected chi connectivity index (χ4v) is 3.60. The van der Waals surface area contributed by atoms with Crippen LogP contribution < -0.4 is 0 Å². The predicted molar refractivity (Wildman–Crippen MR) is 107 cm³/mol. The van der Waals surface area contributed by atoms with Gasteiger partial charge < -0.3 is 5.11 Å². The Labute approximate surface area is 159 Å². The standard InChI is InChI=1S/C21H25NO3S/c1-8-9-22-18(24)16(26-19(22)25)12-13-10-14(20(2,3)4)17(23)15(11-13)21(5,6)7/h1,10-12,23H,9H2,2-7H3/b16-12-. The quantitative estimate of drug-likeness (QED) is 0.607. The van der Waals surface area contributed by atoms with E-state index in [9.17, 15) is 14.7 Å². The highest BCUT2D eigenvalue weighted by molar-refractivity contribution is 8.18. The number of rotatable bonds is 2. The van der Waals surface area contributed by atoms with Gasteiger partial charge in [-0.05, 0) is 46.4 Å². The third-order valence-corrected chi connectivity index (χ3v) is 5.08. The molecular formula is C21H25NO3S. The number of benzene rings is 1. The first-order valence-electron chi connectivity index (χ1n) is 8.43. The lowest BCUT2D eigenvalue weighted by atomic mass is 9.78. The van der Waals surface area contributed by atoms with Crippen LogP contribution in [0.15, 0.2) is 17.0 Å². The van der Waals surface area contributed by atoms with Crippen LogP contribution in [0.4, 0.5) is 4.79 Å². The summed E-state index contributed by atoms with van der Waals surface area (Å²) in [7, 11) is 0. The van der Waals surface area contributed by atoms with Crippen LogP contribution in [0.1, 0.15) is 58.2 Å². The second-order valence-electron chi connectivity index (χ2n) is 8.44. The first kappa shape index (κ1) is 20.1. The third kappa shape index (κ3) is 3.96. The fraction of sp³-hybridized carbons (Fsp3) is 0.429. The molecule has 1 aromatic carbocycles. The molecule has 1 fully saturated rings. The maximum Gasteiger partial charge on any atom is 0.294 e. The molecule has 0 saturated carbocycles. The summed E-state index contributed by atoms with van der Waals surface area (Å²) in [5.41, 5.74) is 1.86. The monoisotopic (exact) mass is 371 g/mol. The minimum atomic E-state index is -0.374. The van der Waals surface area contributed by atoms with Crippen LogP contribution in [0, 0.1) is 12.3 Å². The highest BCUT2D eigenvalue weighted by Gasteiger charge is 2.34. The molecule has 1 aliphatic rings. The second kappa shape index (κ2) is 6.85. The average molecular weight is 372 g/mol. The number of imide groups is 1. The Morgan fingerprint density at radius 1 is 1.12 bits per heavy atom. The van der Waals surface area contributed by atoms with Crippen molar-refractivity contribution in [2.24, 2.45) is 0 Å². The molecule has 138 valence electrons. The van der Waals surface area contributed by atoms with Gasteiger partial charge in [-0.2, -0.15) is 0 Å². The molecule has 0 bridgehead atoms. The van der Waals surface area contributed by atoms with E-state index in [0.29, 0.717) is 4.91 Å². The molecule has 0 atom stereocenters. The summed E-state index contributed by atoms with van der Waals surface area (Å²) in [5, 5.41) is 10.4. The number of carbonyl (C=O) groups is 2. The maximum atomic E-state index is 12.4. The Kier molecular flexibility index (Phi) is 5.30. The van der Waals surface area contributed by atoms with Gasteiger partial charge in [0.2, 0.25) is 0 Å². The van der Waals surface area contributed by atoms with Gasteiger partial charge >= 0.3 is 0 Å². The van der Waals surface area contributed by atoms with Crippen molar-refractivity contribution < 1.29 is 14.7 Å². The first-order valence-corrected chi connectivity index (χ1v) is 9.24. The summed E-state index contributed by atoms with van der Waals surface area (Å²) in [6, 6.07) is 3.75. The lowest BCUT2D eigenvalue weighted by molar-refractivity contribution is -0.122. The van der Waals surface area contributed by atoms with Crippen molar-refractivity contribution in [3.05, 3.63) is 33.7 Å². The number of aromatic hydroxyl groups is 1. The van der Waals surface area contributed by atoms with Crippen molar-refractivity contribution in [3.63, 3.8) is 0 Å². The largest absolute Gasteiger partial charge is 0.507 e. The van der Waals surface area contributed by atoms with Crippen molar-refractivity contribution in [1.29, 1.82) is 0 Å². The van der Waals surface area contributed by atoms with Gasteiger partial charge in [-0.1, -0.05) is 47.5 Å². The summed E-state index contributed by atoms with van der Waals surface area (Å²) >= 11 is 0.888. The molecule has 1 saturated heterocycles. The Bertz CT molecular complexity index is 797. The molecule has 0 radical (unpaired) electrons. The van der Waals surface area contributed by atoms with E-state index in [1.54, 1.807) is 6.08 Å². The Balaban J connectivity index is 2.59. The van der Waals surface area contributed by atoms with Gasteiger partial charge in [-0.25, -0.2) is 0 Å². The minimum absolute atomic E-state index is 0.0297.